The largest absolute Gasteiger partial charge is 0.378 e. The van der Waals surface area contributed by atoms with E-state index in [0.29, 0.717) is 12.1 Å². The van der Waals surface area contributed by atoms with Crippen molar-refractivity contribution in [1.82, 2.24) is 10.2 Å². The number of halogens is 1. The van der Waals surface area contributed by atoms with Gasteiger partial charge in [-0.1, -0.05) is 30.7 Å². The number of hydrogen-bond acceptors (Lipinski definition) is 3. The third kappa shape index (κ3) is 4.19. The van der Waals surface area contributed by atoms with E-state index in [9.17, 15) is 0 Å². The summed E-state index contributed by atoms with van der Waals surface area (Å²) in [5.74, 6) is 0. The summed E-state index contributed by atoms with van der Waals surface area (Å²) < 4.78 is 5.56. The first-order chi connectivity index (χ1) is 9.74. The van der Waals surface area contributed by atoms with E-state index < -0.39 is 0 Å². The summed E-state index contributed by atoms with van der Waals surface area (Å²) in [6.45, 7) is 6.11. The highest BCUT2D eigenvalue weighted by molar-refractivity contribution is 6.30. The van der Waals surface area contributed by atoms with Gasteiger partial charge in [-0.15, -0.1) is 0 Å². The van der Waals surface area contributed by atoms with E-state index in [1.165, 1.54) is 5.56 Å². The minimum Gasteiger partial charge on any atom is -0.378 e. The molecule has 0 spiro atoms. The van der Waals surface area contributed by atoms with Crippen molar-refractivity contribution in [2.45, 2.75) is 31.8 Å². The van der Waals surface area contributed by atoms with Gasteiger partial charge in [0.25, 0.3) is 0 Å². The molecule has 0 aromatic heterocycles. The van der Waals surface area contributed by atoms with Gasteiger partial charge in [0.2, 0.25) is 0 Å². The average Bonchev–Trinajstić information content (AvgIpc) is 2.48. The molecule has 2 atom stereocenters. The molecular weight excluding hydrogens is 272 g/mol. The van der Waals surface area contributed by atoms with Crippen molar-refractivity contribution in [2.75, 3.05) is 33.4 Å². The summed E-state index contributed by atoms with van der Waals surface area (Å²) in [4.78, 5) is 2.55. The molecular formula is C16H25ClN2O. The van der Waals surface area contributed by atoms with E-state index in [1.807, 2.05) is 19.2 Å². The van der Waals surface area contributed by atoms with Crippen LogP contribution in [0.15, 0.2) is 24.3 Å². The third-order valence-electron chi connectivity index (χ3n) is 4.13. The fourth-order valence-electron chi connectivity index (χ4n) is 2.86. The fourth-order valence-corrected chi connectivity index (χ4v) is 3.05. The zero-order valence-electron chi connectivity index (χ0n) is 12.4. The molecule has 1 heterocycles. The zero-order chi connectivity index (χ0) is 14.4. The second kappa shape index (κ2) is 7.99. The number of hydrogen-bond donors (Lipinski definition) is 1. The predicted octanol–water partition coefficient (Wildman–Crippen LogP) is 3.10. The Morgan fingerprint density at radius 3 is 3.05 bits per heavy atom. The lowest BCUT2D eigenvalue weighted by Crippen LogP contribution is -2.46. The van der Waals surface area contributed by atoms with Gasteiger partial charge in [0, 0.05) is 30.2 Å². The van der Waals surface area contributed by atoms with E-state index >= 15 is 0 Å². The maximum Gasteiger partial charge on any atom is 0.0622 e. The van der Waals surface area contributed by atoms with Gasteiger partial charge in [0.15, 0.2) is 0 Å². The first kappa shape index (κ1) is 15.8. The lowest BCUT2D eigenvalue weighted by Gasteiger charge is -2.35. The van der Waals surface area contributed by atoms with Crippen LogP contribution in [0.5, 0.6) is 0 Å². The average molecular weight is 297 g/mol. The summed E-state index contributed by atoms with van der Waals surface area (Å²) in [7, 11) is 2.02. The molecule has 0 saturated carbocycles. The molecule has 0 amide bonds. The number of ether oxygens (including phenoxy) is 1. The molecule has 1 saturated heterocycles. The lowest BCUT2D eigenvalue weighted by atomic mass is 10.0. The first-order valence-corrected chi connectivity index (χ1v) is 7.87. The van der Waals surface area contributed by atoms with Crippen LogP contribution in [0.25, 0.3) is 0 Å². The molecule has 2 unspecified atom stereocenters. The fraction of sp³-hybridized carbons (Fsp3) is 0.625. The molecule has 1 N–H and O–H groups in total. The van der Waals surface area contributed by atoms with Crippen molar-refractivity contribution in [3.8, 4) is 0 Å². The van der Waals surface area contributed by atoms with Crippen molar-refractivity contribution in [3.63, 3.8) is 0 Å². The number of nitrogens with zero attached hydrogens (tertiary/aromatic N) is 1. The zero-order valence-corrected chi connectivity index (χ0v) is 13.2. The second-order valence-electron chi connectivity index (χ2n) is 5.36. The molecule has 1 aromatic rings. The van der Waals surface area contributed by atoms with Gasteiger partial charge in [-0.05, 0) is 37.6 Å². The molecule has 20 heavy (non-hydrogen) atoms. The van der Waals surface area contributed by atoms with Gasteiger partial charge < -0.3 is 10.1 Å². The Hall–Kier alpha value is -0.610. The van der Waals surface area contributed by atoms with Gasteiger partial charge in [-0.25, -0.2) is 0 Å². The molecule has 0 bridgehead atoms. The van der Waals surface area contributed by atoms with Crippen molar-refractivity contribution in [1.29, 1.82) is 0 Å². The molecule has 2 rings (SSSR count). The van der Waals surface area contributed by atoms with Crippen LogP contribution < -0.4 is 5.32 Å². The highest BCUT2D eigenvalue weighted by atomic mass is 35.5. The van der Waals surface area contributed by atoms with E-state index in [1.54, 1.807) is 0 Å². The number of rotatable bonds is 6. The minimum atomic E-state index is 0.356. The maximum atomic E-state index is 6.09. The molecule has 1 aromatic carbocycles. The van der Waals surface area contributed by atoms with Crippen LogP contribution >= 0.6 is 11.6 Å². The number of nitrogens with one attached hydrogen (secondary N) is 1. The summed E-state index contributed by atoms with van der Waals surface area (Å²) in [6, 6.07) is 9.07. The Morgan fingerprint density at radius 1 is 1.50 bits per heavy atom. The molecule has 4 heteroatoms. The normalized spacial score (nSPS) is 21.9. The highest BCUT2D eigenvalue weighted by Gasteiger charge is 2.22. The van der Waals surface area contributed by atoms with Crippen LogP contribution in [-0.4, -0.2) is 44.3 Å². The van der Waals surface area contributed by atoms with Crippen molar-refractivity contribution < 1.29 is 4.74 Å². The Kier molecular flexibility index (Phi) is 6.30. The quantitative estimate of drug-likeness (QED) is 0.873. The molecule has 3 nitrogen and oxygen atoms in total. The van der Waals surface area contributed by atoms with Gasteiger partial charge in [0.05, 0.1) is 13.2 Å². The second-order valence-corrected chi connectivity index (χ2v) is 5.79. The third-order valence-corrected chi connectivity index (χ3v) is 4.36. The number of benzene rings is 1. The minimum absolute atomic E-state index is 0.356. The van der Waals surface area contributed by atoms with Gasteiger partial charge >= 0.3 is 0 Å². The predicted molar refractivity (Wildman–Crippen MR) is 84.3 cm³/mol. The van der Waals surface area contributed by atoms with Crippen LogP contribution in [0.2, 0.25) is 5.02 Å². The van der Waals surface area contributed by atoms with E-state index in [2.05, 4.69) is 29.3 Å². The van der Waals surface area contributed by atoms with Crippen molar-refractivity contribution >= 4 is 11.6 Å². The Morgan fingerprint density at radius 2 is 2.35 bits per heavy atom. The Bertz CT molecular complexity index is 413. The molecule has 112 valence electrons. The molecule has 0 aliphatic carbocycles. The van der Waals surface area contributed by atoms with E-state index in [-0.39, 0.29) is 0 Å². The van der Waals surface area contributed by atoms with Gasteiger partial charge in [-0.3, -0.25) is 4.90 Å². The van der Waals surface area contributed by atoms with Crippen molar-refractivity contribution in [2.24, 2.45) is 0 Å². The summed E-state index contributed by atoms with van der Waals surface area (Å²) in [6.07, 6.45) is 2.24. The Balaban J connectivity index is 1.93. The lowest BCUT2D eigenvalue weighted by molar-refractivity contribution is -0.00997. The Labute approximate surface area is 127 Å². The first-order valence-electron chi connectivity index (χ1n) is 7.49. The summed E-state index contributed by atoms with van der Waals surface area (Å²) in [5, 5.41) is 4.21. The monoisotopic (exact) mass is 296 g/mol. The summed E-state index contributed by atoms with van der Waals surface area (Å²) >= 11 is 6.09. The van der Waals surface area contributed by atoms with Crippen LogP contribution in [0.1, 0.15) is 31.4 Å². The molecule has 0 radical (unpaired) electrons. The van der Waals surface area contributed by atoms with Crippen LogP contribution in [0, 0.1) is 0 Å². The standard InChI is InChI=1S/C16H25ClN2O/c1-3-15-12-20-10-9-19(15)8-7-16(18-2)13-5-4-6-14(17)11-13/h4-6,11,15-16,18H,3,7-10,12H2,1-2H3. The molecule has 1 aliphatic rings. The highest BCUT2D eigenvalue weighted by Crippen LogP contribution is 2.21. The van der Waals surface area contributed by atoms with Crippen LogP contribution in [-0.2, 0) is 4.74 Å². The molecule has 1 aliphatic heterocycles. The molecule has 1 fully saturated rings. The smallest absolute Gasteiger partial charge is 0.0622 e. The van der Waals surface area contributed by atoms with Crippen molar-refractivity contribution in [3.05, 3.63) is 34.9 Å². The topological polar surface area (TPSA) is 24.5 Å². The van der Waals surface area contributed by atoms with Gasteiger partial charge in [-0.2, -0.15) is 0 Å². The maximum absolute atomic E-state index is 6.09. The van der Waals surface area contributed by atoms with E-state index in [4.69, 9.17) is 16.3 Å². The number of morpholine rings is 1. The SMILES string of the molecule is CCC1COCCN1CCC(NC)c1cccc(Cl)c1. The van der Waals surface area contributed by atoms with E-state index in [0.717, 1.165) is 44.2 Å². The van der Waals surface area contributed by atoms with Gasteiger partial charge in [0.1, 0.15) is 0 Å². The van der Waals surface area contributed by atoms with Crippen LogP contribution in [0.3, 0.4) is 0 Å². The summed E-state index contributed by atoms with van der Waals surface area (Å²) in [5.41, 5.74) is 1.27. The van der Waals surface area contributed by atoms with Crippen LogP contribution in [0.4, 0.5) is 0 Å².